The van der Waals surface area contributed by atoms with E-state index < -0.39 is 0 Å². The van der Waals surface area contributed by atoms with Crippen molar-refractivity contribution in [2.75, 3.05) is 19.0 Å². The molecule has 0 spiro atoms. The third-order valence-corrected chi connectivity index (χ3v) is 3.80. The van der Waals surface area contributed by atoms with Gasteiger partial charge in [0, 0.05) is 12.2 Å². The summed E-state index contributed by atoms with van der Waals surface area (Å²) in [7, 11) is 1.69. The lowest BCUT2D eigenvalue weighted by atomic mass is 10.0. The largest absolute Gasteiger partial charge is 0.493 e. The molecule has 1 heterocycles. The second kappa shape index (κ2) is 6.62. The highest BCUT2D eigenvalue weighted by Crippen LogP contribution is 2.29. The molecule has 1 fully saturated rings. The molecule has 0 radical (unpaired) electrons. The first kappa shape index (κ1) is 13.2. The van der Waals surface area contributed by atoms with Crippen LogP contribution in [-0.4, -0.2) is 18.6 Å². The first-order chi connectivity index (χ1) is 8.79. The number of nitrogens with zero attached hydrogens (tertiary/aromatic N) is 1. The van der Waals surface area contributed by atoms with Gasteiger partial charge in [-0.2, -0.15) is 0 Å². The molecule has 3 nitrogen and oxygen atoms in total. The van der Waals surface area contributed by atoms with Crippen molar-refractivity contribution in [1.29, 1.82) is 0 Å². The van der Waals surface area contributed by atoms with E-state index in [0.29, 0.717) is 0 Å². The number of hydrogen-bond acceptors (Lipinski definition) is 3. The van der Waals surface area contributed by atoms with Gasteiger partial charge in [-0.3, -0.25) is 4.98 Å². The molecular formula is C15H24N2O. The molecule has 3 heteroatoms. The molecule has 1 aliphatic carbocycles. The molecule has 1 N–H and O–H groups in total. The van der Waals surface area contributed by atoms with Gasteiger partial charge in [-0.15, -0.1) is 0 Å². The molecule has 0 amide bonds. The summed E-state index contributed by atoms with van der Waals surface area (Å²) in [5.74, 6) is 1.81. The number of nitrogens with one attached hydrogen (secondary N) is 1. The number of pyridine rings is 1. The number of ether oxygens (including phenoxy) is 1. The summed E-state index contributed by atoms with van der Waals surface area (Å²) in [5, 5.41) is 3.46. The predicted octanol–water partition coefficient (Wildman–Crippen LogP) is 3.78. The van der Waals surface area contributed by atoms with Crippen LogP contribution in [0.1, 0.15) is 44.2 Å². The molecule has 2 rings (SSSR count). The summed E-state index contributed by atoms with van der Waals surface area (Å²) >= 11 is 0. The lowest BCUT2D eigenvalue weighted by molar-refractivity contribution is 0.414. The number of hydrogen-bond donors (Lipinski definition) is 1. The smallest absolute Gasteiger partial charge is 0.160 e. The molecule has 1 aliphatic rings. The van der Waals surface area contributed by atoms with E-state index in [1.165, 1.54) is 38.5 Å². The summed E-state index contributed by atoms with van der Waals surface area (Å²) in [5.41, 5.74) is 2.09. The van der Waals surface area contributed by atoms with Gasteiger partial charge in [0.1, 0.15) is 0 Å². The summed E-state index contributed by atoms with van der Waals surface area (Å²) in [6.45, 7) is 3.03. The Kier molecular flexibility index (Phi) is 4.85. The fourth-order valence-corrected chi connectivity index (χ4v) is 2.76. The van der Waals surface area contributed by atoms with E-state index in [1.807, 2.05) is 6.92 Å². The summed E-state index contributed by atoms with van der Waals surface area (Å²) in [6, 6.07) is 2.05. The second-order valence-electron chi connectivity index (χ2n) is 5.25. The van der Waals surface area contributed by atoms with Crippen LogP contribution in [0, 0.1) is 12.8 Å². The minimum atomic E-state index is 0.835. The van der Waals surface area contributed by atoms with E-state index in [0.717, 1.165) is 29.6 Å². The molecule has 0 aromatic carbocycles. The zero-order chi connectivity index (χ0) is 12.8. The molecule has 1 aromatic heterocycles. The highest BCUT2D eigenvalue weighted by Gasteiger charge is 2.14. The predicted molar refractivity (Wildman–Crippen MR) is 75.2 cm³/mol. The molecule has 18 heavy (non-hydrogen) atoms. The third kappa shape index (κ3) is 3.62. The summed E-state index contributed by atoms with van der Waals surface area (Å²) < 4.78 is 5.31. The van der Waals surface area contributed by atoms with Crippen LogP contribution in [0.2, 0.25) is 0 Å². The van der Waals surface area contributed by atoms with E-state index in [9.17, 15) is 0 Å². The fourth-order valence-electron chi connectivity index (χ4n) is 2.76. The highest BCUT2D eigenvalue weighted by molar-refractivity contribution is 5.55. The average Bonchev–Trinajstić information content (AvgIpc) is 2.88. The molecule has 0 aliphatic heterocycles. The molecule has 0 saturated heterocycles. The SMILES string of the molecule is COc1cnc(C)cc1NCCCC1CCCC1. The van der Waals surface area contributed by atoms with Crippen molar-refractivity contribution in [1.82, 2.24) is 4.98 Å². The lowest BCUT2D eigenvalue weighted by Crippen LogP contribution is -2.06. The van der Waals surface area contributed by atoms with Gasteiger partial charge in [-0.05, 0) is 31.7 Å². The van der Waals surface area contributed by atoms with Crippen molar-refractivity contribution in [3.05, 3.63) is 18.0 Å². The van der Waals surface area contributed by atoms with Crippen LogP contribution in [0.25, 0.3) is 0 Å². The Morgan fingerprint density at radius 3 is 2.89 bits per heavy atom. The highest BCUT2D eigenvalue weighted by atomic mass is 16.5. The first-order valence-electron chi connectivity index (χ1n) is 7.04. The standard InChI is InChI=1S/C15H24N2O/c1-12-10-14(15(18-2)11-17-12)16-9-5-8-13-6-3-4-7-13/h10-11,13H,3-9H2,1-2H3,(H,16,17). The summed E-state index contributed by atoms with van der Waals surface area (Å²) in [6.07, 6.45) is 10.2. The maximum atomic E-state index is 5.31. The quantitative estimate of drug-likeness (QED) is 0.778. The van der Waals surface area contributed by atoms with Gasteiger partial charge in [-0.25, -0.2) is 0 Å². The van der Waals surface area contributed by atoms with Crippen molar-refractivity contribution in [2.45, 2.75) is 45.4 Å². The van der Waals surface area contributed by atoms with Gasteiger partial charge in [-0.1, -0.05) is 25.7 Å². The minimum absolute atomic E-state index is 0.835. The third-order valence-electron chi connectivity index (χ3n) is 3.80. The summed E-state index contributed by atoms with van der Waals surface area (Å²) in [4.78, 5) is 4.24. The van der Waals surface area contributed by atoms with Gasteiger partial charge in [0.25, 0.3) is 0 Å². The lowest BCUT2D eigenvalue weighted by Gasteiger charge is -2.13. The maximum absolute atomic E-state index is 5.31. The van der Waals surface area contributed by atoms with Crippen molar-refractivity contribution >= 4 is 5.69 Å². The first-order valence-corrected chi connectivity index (χ1v) is 7.04. The molecule has 0 bridgehead atoms. The van der Waals surface area contributed by atoms with Gasteiger partial charge in [0.2, 0.25) is 0 Å². The molecule has 1 saturated carbocycles. The zero-order valence-electron chi connectivity index (χ0n) is 11.5. The van der Waals surface area contributed by atoms with E-state index in [4.69, 9.17) is 4.74 Å². The average molecular weight is 248 g/mol. The van der Waals surface area contributed by atoms with Crippen LogP contribution in [0.5, 0.6) is 5.75 Å². The van der Waals surface area contributed by atoms with Crippen LogP contribution in [-0.2, 0) is 0 Å². The minimum Gasteiger partial charge on any atom is -0.493 e. The van der Waals surface area contributed by atoms with Crippen molar-refractivity contribution < 1.29 is 4.74 Å². The number of rotatable bonds is 6. The van der Waals surface area contributed by atoms with Gasteiger partial charge in [0.15, 0.2) is 5.75 Å². The Morgan fingerprint density at radius 2 is 2.17 bits per heavy atom. The Morgan fingerprint density at radius 1 is 1.39 bits per heavy atom. The Bertz CT molecular complexity index is 373. The van der Waals surface area contributed by atoms with Crippen LogP contribution in [0.15, 0.2) is 12.3 Å². The van der Waals surface area contributed by atoms with Crippen molar-refractivity contribution in [3.8, 4) is 5.75 Å². The van der Waals surface area contributed by atoms with Crippen molar-refractivity contribution in [3.63, 3.8) is 0 Å². The Labute approximate surface area is 110 Å². The van der Waals surface area contributed by atoms with E-state index in [-0.39, 0.29) is 0 Å². The Hall–Kier alpha value is -1.25. The topological polar surface area (TPSA) is 34.1 Å². The molecule has 100 valence electrons. The maximum Gasteiger partial charge on any atom is 0.160 e. The van der Waals surface area contributed by atoms with E-state index in [1.54, 1.807) is 13.3 Å². The van der Waals surface area contributed by atoms with Gasteiger partial charge < -0.3 is 10.1 Å². The van der Waals surface area contributed by atoms with E-state index >= 15 is 0 Å². The molecule has 0 atom stereocenters. The zero-order valence-corrected chi connectivity index (χ0v) is 11.5. The molecular weight excluding hydrogens is 224 g/mol. The van der Waals surface area contributed by atoms with E-state index in [2.05, 4.69) is 16.4 Å². The van der Waals surface area contributed by atoms with Crippen LogP contribution >= 0.6 is 0 Å². The molecule has 0 unspecified atom stereocenters. The fraction of sp³-hybridized carbons (Fsp3) is 0.667. The normalized spacial score (nSPS) is 15.9. The van der Waals surface area contributed by atoms with Crippen LogP contribution < -0.4 is 10.1 Å². The van der Waals surface area contributed by atoms with Gasteiger partial charge in [0.05, 0.1) is 19.0 Å². The van der Waals surface area contributed by atoms with Crippen LogP contribution in [0.4, 0.5) is 5.69 Å². The monoisotopic (exact) mass is 248 g/mol. The number of aryl methyl sites for hydroxylation is 1. The molecule has 1 aromatic rings. The number of aromatic nitrogens is 1. The van der Waals surface area contributed by atoms with Gasteiger partial charge >= 0.3 is 0 Å². The number of methoxy groups -OCH3 is 1. The second-order valence-corrected chi connectivity index (χ2v) is 5.25. The van der Waals surface area contributed by atoms with Crippen LogP contribution in [0.3, 0.4) is 0 Å². The number of anilines is 1. The van der Waals surface area contributed by atoms with Crippen molar-refractivity contribution in [2.24, 2.45) is 5.92 Å². The Balaban J connectivity index is 1.76.